The van der Waals surface area contributed by atoms with Gasteiger partial charge in [-0.2, -0.15) is 0 Å². The van der Waals surface area contributed by atoms with E-state index in [0.717, 1.165) is 5.56 Å². The fourth-order valence-corrected chi connectivity index (χ4v) is 5.82. The van der Waals surface area contributed by atoms with Crippen LogP contribution in [0.25, 0.3) is 0 Å². The van der Waals surface area contributed by atoms with Crippen molar-refractivity contribution >= 4 is 27.6 Å². The number of likely N-dealkylation sites (N-methyl/N-ethyl adjacent to an activating group) is 1. The molecule has 0 bridgehead atoms. The number of nitrogens with one attached hydrogen (secondary N) is 1. The van der Waals surface area contributed by atoms with E-state index in [1.165, 1.54) is 18.2 Å². The van der Waals surface area contributed by atoms with E-state index in [-0.39, 0.29) is 46.2 Å². The molecule has 1 aliphatic rings. The SMILES string of the molecule is C[C@@H]1CN([C@H](C)CO)C(=O)c2cc(NS(=O)(=O)c3ccccc3)ccc2O[C@@H]1CN(C)Cc1ccc(C(=O)O)cc1. The van der Waals surface area contributed by atoms with Crippen LogP contribution in [-0.4, -0.2) is 79.2 Å². The molecule has 0 aliphatic carbocycles. The van der Waals surface area contributed by atoms with Gasteiger partial charge in [-0.3, -0.25) is 14.4 Å². The fraction of sp³-hybridized carbons (Fsp3) is 0.333. The Hall–Kier alpha value is -3.93. The van der Waals surface area contributed by atoms with Gasteiger partial charge in [0.05, 0.1) is 28.7 Å². The van der Waals surface area contributed by atoms with Crippen molar-refractivity contribution in [2.45, 2.75) is 37.4 Å². The number of hydrogen-bond donors (Lipinski definition) is 3. The van der Waals surface area contributed by atoms with Crippen molar-refractivity contribution in [3.8, 4) is 5.75 Å². The molecule has 0 saturated carbocycles. The van der Waals surface area contributed by atoms with E-state index in [1.807, 2.05) is 14.0 Å². The van der Waals surface area contributed by atoms with E-state index < -0.39 is 22.0 Å². The average molecular weight is 582 g/mol. The van der Waals surface area contributed by atoms with Crippen molar-refractivity contribution in [1.29, 1.82) is 0 Å². The van der Waals surface area contributed by atoms with Gasteiger partial charge in [0.1, 0.15) is 11.9 Å². The standard InChI is InChI=1S/C30H35N3O7S/c1-20-16-33(21(2)19-34)29(35)26-15-24(31-41(38,39)25-7-5-4-6-8-25)13-14-27(26)40-28(20)18-32(3)17-22-9-11-23(12-10-22)30(36)37/h4-15,20-21,28,31,34H,16-19H2,1-3H3,(H,36,37)/t20-,21-,28-/m1/s1. The van der Waals surface area contributed by atoms with E-state index in [1.54, 1.807) is 66.4 Å². The van der Waals surface area contributed by atoms with Crippen LogP contribution in [0, 0.1) is 5.92 Å². The lowest BCUT2D eigenvalue weighted by Crippen LogP contribution is -2.49. The van der Waals surface area contributed by atoms with Crippen molar-refractivity contribution < 1.29 is 33.0 Å². The molecule has 3 atom stereocenters. The molecule has 0 saturated heterocycles. The number of fused-ring (bicyclic) bond motifs is 1. The number of hydrogen-bond acceptors (Lipinski definition) is 7. The van der Waals surface area contributed by atoms with Gasteiger partial charge in [-0.15, -0.1) is 0 Å². The van der Waals surface area contributed by atoms with Crippen LogP contribution < -0.4 is 9.46 Å². The quantitative estimate of drug-likeness (QED) is 0.331. The lowest BCUT2D eigenvalue weighted by molar-refractivity contribution is 0.0341. The first-order chi connectivity index (χ1) is 19.5. The molecule has 10 nitrogen and oxygen atoms in total. The molecule has 1 heterocycles. The Morgan fingerprint density at radius 3 is 2.44 bits per heavy atom. The Kier molecular flexibility index (Phi) is 9.31. The Morgan fingerprint density at radius 1 is 1.12 bits per heavy atom. The van der Waals surface area contributed by atoms with Gasteiger partial charge >= 0.3 is 5.97 Å². The number of aliphatic hydroxyl groups excluding tert-OH is 1. The van der Waals surface area contributed by atoms with Gasteiger partial charge in [0.25, 0.3) is 15.9 Å². The second-order valence-electron chi connectivity index (χ2n) is 10.5. The van der Waals surface area contributed by atoms with Gasteiger partial charge in [0.2, 0.25) is 0 Å². The Labute approximate surface area is 240 Å². The normalized spacial score (nSPS) is 18.2. The molecule has 41 heavy (non-hydrogen) atoms. The summed E-state index contributed by atoms with van der Waals surface area (Å²) in [6.07, 6.45) is -0.342. The second-order valence-corrected chi connectivity index (χ2v) is 12.1. The molecule has 1 aliphatic heterocycles. The maximum absolute atomic E-state index is 13.7. The summed E-state index contributed by atoms with van der Waals surface area (Å²) in [6.45, 7) is 4.89. The molecule has 11 heteroatoms. The number of carbonyl (C=O) groups is 2. The molecule has 0 aromatic heterocycles. The van der Waals surface area contributed by atoms with Crippen LogP contribution in [0.1, 0.15) is 40.1 Å². The summed E-state index contributed by atoms with van der Waals surface area (Å²) in [5.74, 6) is -1.12. The van der Waals surface area contributed by atoms with Gasteiger partial charge in [0, 0.05) is 31.2 Å². The van der Waals surface area contributed by atoms with E-state index in [0.29, 0.717) is 25.4 Å². The molecule has 0 spiro atoms. The first-order valence-electron chi connectivity index (χ1n) is 13.3. The van der Waals surface area contributed by atoms with Gasteiger partial charge in [-0.25, -0.2) is 13.2 Å². The first-order valence-corrected chi connectivity index (χ1v) is 14.8. The highest BCUT2D eigenvalue weighted by Crippen LogP contribution is 2.31. The summed E-state index contributed by atoms with van der Waals surface area (Å²) in [7, 11) is -1.94. The average Bonchev–Trinajstić information content (AvgIpc) is 2.95. The summed E-state index contributed by atoms with van der Waals surface area (Å²) in [4.78, 5) is 28.6. The van der Waals surface area contributed by atoms with Crippen molar-refractivity contribution in [2.75, 3.05) is 31.5 Å². The Balaban J connectivity index is 1.60. The number of aliphatic hydroxyl groups is 1. The number of amides is 1. The second kappa shape index (κ2) is 12.7. The van der Waals surface area contributed by atoms with Gasteiger partial charge in [-0.05, 0) is 62.0 Å². The van der Waals surface area contributed by atoms with Gasteiger partial charge in [0.15, 0.2) is 0 Å². The zero-order valence-corrected chi connectivity index (χ0v) is 24.0. The number of carbonyl (C=O) groups excluding carboxylic acids is 1. The van der Waals surface area contributed by atoms with Crippen molar-refractivity contribution in [3.05, 3.63) is 89.5 Å². The Bertz CT molecular complexity index is 1480. The third-order valence-electron chi connectivity index (χ3n) is 7.12. The minimum absolute atomic E-state index is 0.0966. The third kappa shape index (κ3) is 7.24. The Morgan fingerprint density at radius 2 is 1.80 bits per heavy atom. The minimum atomic E-state index is -3.88. The highest BCUT2D eigenvalue weighted by molar-refractivity contribution is 7.92. The van der Waals surface area contributed by atoms with Gasteiger partial charge in [-0.1, -0.05) is 37.3 Å². The number of carboxylic acids is 1. The number of anilines is 1. The zero-order chi connectivity index (χ0) is 29.7. The molecule has 4 rings (SSSR count). The first kappa shape index (κ1) is 30.0. The molecular weight excluding hydrogens is 546 g/mol. The van der Waals surface area contributed by atoms with Crippen LogP contribution in [0.2, 0.25) is 0 Å². The lowest BCUT2D eigenvalue weighted by atomic mass is 9.99. The molecule has 3 aromatic carbocycles. The van der Waals surface area contributed by atoms with Crippen molar-refractivity contribution in [1.82, 2.24) is 9.80 Å². The highest BCUT2D eigenvalue weighted by atomic mass is 32.2. The molecular formula is C30H35N3O7S. The van der Waals surface area contributed by atoms with E-state index in [2.05, 4.69) is 9.62 Å². The maximum atomic E-state index is 13.7. The fourth-order valence-electron chi connectivity index (χ4n) is 4.75. The van der Waals surface area contributed by atoms with E-state index >= 15 is 0 Å². The van der Waals surface area contributed by atoms with Crippen LogP contribution in [0.3, 0.4) is 0 Å². The number of nitrogens with zero attached hydrogens (tertiary/aromatic N) is 2. The predicted molar refractivity (Wildman–Crippen MR) is 155 cm³/mol. The van der Waals surface area contributed by atoms with Crippen LogP contribution in [0.15, 0.2) is 77.7 Å². The largest absolute Gasteiger partial charge is 0.488 e. The van der Waals surface area contributed by atoms with Crippen LogP contribution in [0.4, 0.5) is 5.69 Å². The zero-order valence-electron chi connectivity index (χ0n) is 23.2. The summed E-state index contributed by atoms with van der Waals surface area (Å²) >= 11 is 0. The van der Waals surface area contributed by atoms with Gasteiger partial charge < -0.3 is 19.8 Å². The number of ether oxygens (including phenoxy) is 1. The molecule has 3 N–H and O–H groups in total. The number of carboxylic acid groups (broad SMARTS) is 1. The molecule has 0 unspecified atom stereocenters. The molecule has 0 fully saturated rings. The smallest absolute Gasteiger partial charge is 0.335 e. The number of sulfonamides is 1. The predicted octanol–water partition coefficient (Wildman–Crippen LogP) is 3.54. The number of aromatic carboxylic acids is 1. The summed E-state index contributed by atoms with van der Waals surface area (Å²) < 4.78 is 34.8. The summed E-state index contributed by atoms with van der Waals surface area (Å²) in [5.41, 5.74) is 1.58. The number of rotatable bonds is 10. The number of benzene rings is 3. The van der Waals surface area contributed by atoms with E-state index in [9.17, 15) is 23.1 Å². The van der Waals surface area contributed by atoms with Crippen molar-refractivity contribution in [2.24, 2.45) is 5.92 Å². The third-order valence-corrected chi connectivity index (χ3v) is 8.51. The van der Waals surface area contributed by atoms with Crippen LogP contribution in [-0.2, 0) is 16.6 Å². The molecule has 0 radical (unpaired) electrons. The minimum Gasteiger partial charge on any atom is -0.488 e. The summed E-state index contributed by atoms with van der Waals surface area (Å²) in [5, 5.41) is 19.1. The summed E-state index contributed by atoms with van der Waals surface area (Å²) in [6, 6.07) is 18.8. The van der Waals surface area contributed by atoms with Crippen LogP contribution >= 0.6 is 0 Å². The molecule has 218 valence electrons. The van der Waals surface area contributed by atoms with E-state index in [4.69, 9.17) is 9.84 Å². The van der Waals surface area contributed by atoms with Crippen molar-refractivity contribution in [3.63, 3.8) is 0 Å². The lowest BCUT2D eigenvalue weighted by Gasteiger charge is -2.38. The monoisotopic (exact) mass is 581 g/mol. The molecule has 1 amide bonds. The molecule has 3 aromatic rings. The maximum Gasteiger partial charge on any atom is 0.335 e. The topological polar surface area (TPSA) is 136 Å². The van der Waals surface area contributed by atoms with Crippen LogP contribution in [0.5, 0.6) is 5.75 Å². The highest BCUT2D eigenvalue weighted by Gasteiger charge is 2.33.